The van der Waals surface area contributed by atoms with Crippen LogP contribution >= 0.6 is 11.6 Å². The highest BCUT2D eigenvalue weighted by molar-refractivity contribution is 6.29. The molecule has 0 saturated heterocycles. The van der Waals surface area contributed by atoms with Gasteiger partial charge in [-0.25, -0.2) is 4.98 Å². The van der Waals surface area contributed by atoms with Gasteiger partial charge < -0.3 is 11.1 Å². The minimum absolute atomic E-state index is 0.334. The highest BCUT2D eigenvalue weighted by Gasteiger charge is 2.08. The predicted octanol–water partition coefficient (Wildman–Crippen LogP) is 1.27. The van der Waals surface area contributed by atoms with E-state index >= 15 is 0 Å². The van der Waals surface area contributed by atoms with Gasteiger partial charge in [-0.05, 0) is 13.0 Å². The van der Waals surface area contributed by atoms with Gasteiger partial charge in [-0.1, -0.05) is 11.6 Å². The average Bonchev–Trinajstić information content (AvgIpc) is 2.04. The zero-order valence-corrected chi connectivity index (χ0v) is 7.93. The number of carbonyl (C=O) groups excluding carboxylic acids is 1. The summed E-state index contributed by atoms with van der Waals surface area (Å²) in [6, 6.07) is 1.57. The van der Waals surface area contributed by atoms with Crippen molar-refractivity contribution in [2.24, 2.45) is 5.73 Å². The summed E-state index contributed by atoms with van der Waals surface area (Å²) < 4.78 is 0. The second-order valence-electron chi connectivity index (χ2n) is 2.45. The number of nitrogens with two attached hydrogens (primary N) is 1. The van der Waals surface area contributed by atoms with E-state index in [1.165, 1.54) is 6.20 Å². The molecule has 0 spiro atoms. The van der Waals surface area contributed by atoms with E-state index in [4.69, 9.17) is 17.3 Å². The van der Waals surface area contributed by atoms with Crippen LogP contribution in [0.1, 0.15) is 17.3 Å². The van der Waals surface area contributed by atoms with Gasteiger partial charge in [0.2, 0.25) is 0 Å². The van der Waals surface area contributed by atoms with Crippen molar-refractivity contribution in [2.75, 3.05) is 11.9 Å². The molecule has 1 heterocycles. The fraction of sp³-hybridized carbons (Fsp3) is 0.250. The van der Waals surface area contributed by atoms with Crippen LogP contribution in [0.4, 0.5) is 5.69 Å². The smallest absolute Gasteiger partial charge is 0.252 e. The van der Waals surface area contributed by atoms with Gasteiger partial charge in [0.1, 0.15) is 5.15 Å². The second kappa shape index (κ2) is 4.09. The van der Waals surface area contributed by atoms with E-state index in [2.05, 4.69) is 10.3 Å². The van der Waals surface area contributed by atoms with Crippen LogP contribution in [0.3, 0.4) is 0 Å². The normalized spacial score (nSPS) is 9.69. The third-order valence-corrected chi connectivity index (χ3v) is 1.71. The summed E-state index contributed by atoms with van der Waals surface area (Å²) in [5.41, 5.74) is 6.11. The van der Waals surface area contributed by atoms with Crippen LogP contribution in [0.5, 0.6) is 0 Å². The van der Waals surface area contributed by atoms with Gasteiger partial charge in [0, 0.05) is 12.7 Å². The standard InChI is InChI=1S/C8H10ClN3O/c1-2-11-6-3-7(9)12-4-5(6)8(10)13/h3-4H,2H2,1H3,(H2,10,13)(H,11,12). The van der Waals surface area contributed by atoms with E-state index in [1.807, 2.05) is 6.92 Å². The van der Waals surface area contributed by atoms with E-state index in [1.54, 1.807) is 6.07 Å². The first kappa shape index (κ1) is 9.80. The maximum atomic E-state index is 10.9. The first-order valence-corrected chi connectivity index (χ1v) is 4.22. The zero-order chi connectivity index (χ0) is 9.84. The van der Waals surface area contributed by atoms with Crippen LogP contribution in [0.15, 0.2) is 12.3 Å². The summed E-state index contributed by atoms with van der Waals surface area (Å²) in [7, 11) is 0. The van der Waals surface area contributed by atoms with E-state index < -0.39 is 5.91 Å². The lowest BCUT2D eigenvalue weighted by atomic mass is 10.2. The second-order valence-corrected chi connectivity index (χ2v) is 2.83. The van der Waals surface area contributed by atoms with Gasteiger partial charge in [0.15, 0.2) is 0 Å². The molecule has 0 bridgehead atoms. The topological polar surface area (TPSA) is 68.0 Å². The Morgan fingerprint density at radius 1 is 1.77 bits per heavy atom. The van der Waals surface area contributed by atoms with Gasteiger partial charge in [-0.3, -0.25) is 4.79 Å². The Balaban J connectivity index is 3.10. The SMILES string of the molecule is CCNc1cc(Cl)ncc1C(N)=O. The maximum Gasteiger partial charge on any atom is 0.252 e. The molecule has 0 saturated carbocycles. The highest BCUT2D eigenvalue weighted by Crippen LogP contribution is 2.17. The van der Waals surface area contributed by atoms with Crippen LogP contribution in [0.2, 0.25) is 5.15 Å². The molecule has 0 aliphatic heterocycles. The maximum absolute atomic E-state index is 10.9. The molecule has 0 unspecified atom stereocenters. The van der Waals surface area contributed by atoms with Crippen LogP contribution in [-0.4, -0.2) is 17.4 Å². The molecule has 70 valence electrons. The Morgan fingerprint density at radius 3 is 3.00 bits per heavy atom. The fourth-order valence-corrected chi connectivity index (χ4v) is 1.12. The molecule has 0 aliphatic rings. The van der Waals surface area contributed by atoms with Gasteiger partial charge in [-0.2, -0.15) is 0 Å². The van der Waals surface area contributed by atoms with Crippen molar-refractivity contribution >= 4 is 23.2 Å². The van der Waals surface area contributed by atoms with E-state index in [0.717, 1.165) is 0 Å². The van der Waals surface area contributed by atoms with Gasteiger partial charge >= 0.3 is 0 Å². The Bertz CT molecular complexity index is 327. The molecule has 0 aromatic carbocycles. The van der Waals surface area contributed by atoms with Crippen molar-refractivity contribution < 1.29 is 4.79 Å². The number of anilines is 1. The molecule has 0 fully saturated rings. The third kappa shape index (κ3) is 2.32. The van der Waals surface area contributed by atoms with Gasteiger partial charge in [0.25, 0.3) is 5.91 Å². The number of aromatic nitrogens is 1. The fourth-order valence-electron chi connectivity index (χ4n) is 0.963. The summed E-state index contributed by atoms with van der Waals surface area (Å²) in [6.45, 7) is 2.61. The Labute approximate surface area is 81.1 Å². The molecule has 5 heteroatoms. The number of amides is 1. The molecule has 1 aromatic rings. The first-order chi connectivity index (χ1) is 6.15. The number of hydrogen-bond acceptors (Lipinski definition) is 3. The summed E-state index contributed by atoms with van der Waals surface area (Å²) in [5.74, 6) is -0.514. The van der Waals surface area contributed by atoms with E-state index in [0.29, 0.717) is 22.9 Å². The highest BCUT2D eigenvalue weighted by atomic mass is 35.5. The van der Waals surface area contributed by atoms with Crippen molar-refractivity contribution in [1.82, 2.24) is 4.98 Å². The van der Waals surface area contributed by atoms with Crippen LogP contribution in [0, 0.1) is 0 Å². The largest absolute Gasteiger partial charge is 0.385 e. The Kier molecular flexibility index (Phi) is 3.08. The average molecular weight is 200 g/mol. The molecule has 0 atom stereocenters. The lowest BCUT2D eigenvalue weighted by Gasteiger charge is -2.07. The molecule has 0 radical (unpaired) electrons. The molecule has 1 aromatic heterocycles. The Morgan fingerprint density at radius 2 is 2.46 bits per heavy atom. The summed E-state index contributed by atoms with van der Waals surface area (Å²) in [4.78, 5) is 14.7. The van der Waals surface area contributed by atoms with Crippen molar-refractivity contribution in [3.05, 3.63) is 23.0 Å². The molecular weight excluding hydrogens is 190 g/mol. The quantitative estimate of drug-likeness (QED) is 0.721. The molecule has 4 nitrogen and oxygen atoms in total. The van der Waals surface area contributed by atoms with Crippen molar-refractivity contribution in [3.63, 3.8) is 0 Å². The Hall–Kier alpha value is -1.29. The number of hydrogen-bond donors (Lipinski definition) is 2. The van der Waals surface area contributed by atoms with Crippen LogP contribution < -0.4 is 11.1 Å². The zero-order valence-electron chi connectivity index (χ0n) is 7.17. The minimum atomic E-state index is -0.514. The van der Waals surface area contributed by atoms with Gasteiger partial charge in [0.05, 0.1) is 11.3 Å². The summed E-state index contributed by atoms with van der Waals surface area (Å²) in [6.07, 6.45) is 1.36. The lowest BCUT2D eigenvalue weighted by molar-refractivity contribution is 0.100. The number of pyridine rings is 1. The minimum Gasteiger partial charge on any atom is -0.385 e. The molecule has 0 aliphatic carbocycles. The van der Waals surface area contributed by atoms with Gasteiger partial charge in [-0.15, -0.1) is 0 Å². The molecule has 1 rings (SSSR count). The molecule has 1 amide bonds. The van der Waals surface area contributed by atoms with Crippen molar-refractivity contribution in [2.45, 2.75) is 6.92 Å². The molecule has 3 N–H and O–H groups in total. The first-order valence-electron chi connectivity index (χ1n) is 3.84. The lowest BCUT2D eigenvalue weighted by Crippen LogP contribution is -2.14. The molecule has 13 heavy (non-hydrogen) atoms. The number of rotatable bonds is 3. The number of halogens is 1. The van der Waals surface area contributed by atoms with E-state index in [-0.39, 0.29) is 0 Å². The van der Waals surface area contributed by atoms with E-state index in [9.17, 15) is 4.79 Å². The van der Waals surface area contributed by atoms with Crippen LogP contribution in [-0.2, 0) is 0 Å². The number of carbonyl (C=O) groups is 1. The third-order valence-electron chi connectivity index (χ3n) is 1.50. The monoisotopic (exact) mass is 199 g/mol. The number of nitrogens with zero attached hydrogens (tertiary/aromatic N) is 1. The number of nitrogens with one attached hydrogen (secondary N) is 1. The summed E-state index contributed by atoms with van der Waals surface area (Å²) in [5, 5.41) is 3.31. The molecular formula is C8H10ClN3O. The summed E-state index contributed by atoms with van der Waals surface area (Å²) >= 11 is 5.65. The van der Waals surface area contributed by atoms with Crippen molar-refractivity contribution in [1.29, 1.82) is 0 Å². The number of primary amides is 1. The van der Waals surface area contributed by atoms with Crippen molar-refractivity contribution in [3.8, 4) is 0 Å². The predicted molar refractivity (Wildman–Crippen MR) is 51.9 cm³/mol. The van der Waals surface area contributed by atoms with Crippen LogP contribution in [0.25, 0.3) is 0 Å².